The fourth-order valence-electron chi connectivity index (χ4n) is 4.17. The standard InChI is InChI=1S/C18H26N4O2/c1-24-15-9-19-17(20-10-15)21-8-2-6-18(12-21)7-5-16(23)22(13-18)11-14-3-4-14/h9-10,14H,2-8,11-13H2,1H3/t18-/m0/s1. The van der Waals surface area contributed by atoms with E-state index >= 15 is 0 Å². The molecule has 2 saturated heterocycles. The lowest BCUT2D eigenvalue weighted by Gasteiger charge is -2.48. The van der Waals surface area contributed by atoms with Crippen molar-refractivity contribution in [2.24, 2.45) is 11.3 Å². The highest BCUT2D eigenvalue weighted by Crippen LogP contribution is 2.41. The van der Waals surface area contributed by atoms with Crippen LogP contribution in [0.3, 0.4) is 0 Å². The summed E-state index contributed by atoms with van der Waals surface area (Å²) in [5.74, 6) is 2.57. The van der Waals surface area contributed by atoms with E-state index in [4.69, 9.17) is 4.74 Å². The van der Waals surface area contributed by atoms with Gasteiger partial charge in [-0.25, -0.2) is 9.97 Å². The van der Waals surface area contributed by atoms with E-state index in [0.717, 1.165) is 50.9 Å². The molecule has 6 nitrogen and oxygen atoms in total. The molecule has 1 aromatic heterocycles. The number of hydrogen-bond acceptors (Lipinski definition) is 5. The molecular formula is C18H26N4O2. The summed E-state index contributed by atoms with van der Waals surface area (Å²) in [6.07, 6.45) is 10.1. The number of rotatable bonds is 4. The van der Waals surface area contributed by atoms with Crippen molar-refractivity contribution >= 4 is 11.9 Å². The predicted octanol–water partition coefficient (Wildman–Crippen LogP) is 2.10. The molecule has 3 fully saturated rings. The minimum absolute atomic E-state index is 0.213. The summed E-state index contributed by atoms with van der Waals surface area (Å²) in [6, 6.07) is 0. The van der Waals surface area contributed by atoms with E-state index < -0.39 is 0 Å². The average molecular weight is 330 g/mol. The summed E-state index contributed by atoms with van der Waals surface area (Å²) in [5, 5.41) is 0. The van der Waals surface area contributed by atoms with Gasteiger partial charge in [0.2, 0.25) is 11.9 Å². The van der Waals surface area contributed by atoms with E-state index in [1.807, 2.05) is 0 Å². The van der Waals surface area contributed by atoms with Crippen molar-refractivity contribution in [1.82, 2.24) is 14.9 Å². The van der Waals surface area contributed by atoms with Crippen LogP contribution in [-0.2, 0) is 4.79 Å². The third kappa shape index (κ3) is 3.19. The maximum absolute atomic E-state index is 12.3. The van der Waals surface area contributed by atoms with Gasteiger partial charge in [0.05, 0.1) is 19.5 Å². The van der Waals surface area contributed by atoms with Gasteiger partial charge in [0.25, 0.3) is 0 Å². The highest BCUT2D eigenvalue weighted by Gasteiger charge is 2.43. The molecule has 1 amide bonds. The number of anilines is 1. The first kappa shape index (κ1) is 15.7. The molecule has 1 aliphatic carbocycles. The zero-order chi connectivity index (χ0) is 16.6. The first-order valence-electron chi connectivity index (χ1n) is 9.06. The number of methoxy groups -OCH3 is 1. The van der Waals surface area contributed by atoms with E-state index in [9.17, 15) is 4.79 Å². The van der Waals surface area contributed by atoms with Gasteiger partial charge in [0.1, 0.15) is 0 Å². The summed E-state index contributed by atoms with van der Waals surface area (Å²) in [6.45, 7) is 3.83. The number of ether oxygens (including phenoxy) is 1. The fourth-order valence-corrected chi connectivity index (χ4v) is 4.17. The van der Waals surface area contributed by atoms with Gasteiger partial charge >= 0.3 is 0 Å². The van der Waals surface area contributed by atoms with Gasteiger partial charge in [-0.2, -0.15) is 0 Å². The van der Waals surface area contributed by atoms with Crippen molar-refractivity contribution in [3.05, 3.63) is 12.4 Å². The molecule has 6 heteroatoms. The molecule has 4 rings (SSSR count). The Bertz CT molecular complexity index is 602. The van der Waals surface area contributed by atoms with Crippen molar-refractivity contribution in [3.63, 3.8) is 0 Å². The van der Waals surface area contributed by atoms with E-state index in [1.54, 1.807) is 19.5 Å². The summed E-state index contributed by atoms with van der Waals surface area (Å²) in [4.78, 5) is 25.6. The van der Waals surface area contributed by atoms with Crippen molar-refractivity contribution < 1.29 is 9.53 Å². The number of hydrogen-bond donors (Lipinski definition) is 0. The molecule has 24 heavy (non-hydrogen) atoms. The number of amides is 1. The highest BCUT2D eigenvalue weighted by molar-refractivity contribution is 5.77. The van der Waals surface area contributed by atoms with Crippen molar-refractivity contribution in [2.75, 3.05) is 38.2 Å². The molecule has 0 N–H and O–H groups in total. The molecule has 0 radical (unpaired) electrons. The maximum Gasteiger partial charge on any atom is 0.225 e. The molecule has 2 aliphatic heterocycles. The molecule has 1 aromatic rings. The second-order valence-electron chi connectivity index (χ2n) is 7.67. The Morgan fingerprint density at radius 3 is 2.75 bits per heavy atom. The minimum Gasteiger partial charge on any atom is -0.494 e. The molecule has 3 aliphatic rings. The van der Waals surface area contributed by atoms with Crippen LogP contribution in [0.4, 0.5) is 5.95 Å². The van der Waals surface area contributed by atoms with Crippen LogP contribution in [-0.4, -0.2) is 54.1 Å². The molecule has 0 bridgehead atoms. The smallest absolute Gasteiger partial charge is 0.225 e. The third-order valence-corrected chi connectivity index (χ3v) is 5.72. The quantitative estimate of drug-likeness (QED) is 0.846. The largest absolute Gasteiger partial charge is 0.494 e. The second-order valence-corrected chi connectivity index (χ2v) is 7.67. The van der Waals surface area contributed by atoms with Gasteiger partial charge in [0.15, 0.2) is 5.75 Å². The molecule has 130 valence electrons. The van der Waals surface area contributed by atoms with Crippen LogP contribution < -0.4 is 9.64 Å². The number of nitrogens with zero attached hydrogens (tertiary/aromatic N) is 4. The number of aromatic nitrogens is 2. The summed E-state index contributed by atoms with van der Waals surface area (Å²) < 4.78 is 5.15. The first-order chi connectivity index (χ1) is 11.7. The van der Waals surface area contributed by atoms with Gasteiger partial charge in [-0.1, -0.05) is 0 Å². The van der Waals surface area contributed by atoms with E-state index in [2.05, 4.69) is 19.8 Å². The van der Waals surface area contributed by atoms with Gasteiger partial charge in [-0.05, 0) is 38.0 Å². The lowest BCUT2D eigenvalue weighted by Crippen LogP contribution is -2.54. The van der Waals surface area contributed by atoms with Crippen molar-refractivity contribution in [2.45, 2.75) is 38.5 Å². The average Bonchev–Trinajstić information content (AvgIpc) is 3.43. The Morgan fingerprint density at radius 2 is 2.04 bits per heavy atom. The summed E-state index contributed by atoms with van der Waals surface area (Å²) >= 11 is 0. The zero-order valence-corrected chi connectivity index (χ0v) is 14.4. The Morgan fingerprint density at radius 1 is 1.25 bits per heavy atom. The zero-order valence-electron chi connectivity index (χ0n) is 14.4. The minimum atomic E-state index is 0.213. The lowest BCUT2D eigenvalue weighted by molar-refractivity contribution is -0.138. The van der Waals surface area contributed by atoms with E-state index in [-0.39, 0.29) is 5.41 Å². The monoisotopic (exact) mass is 330 g/mol. The number of carbonyl (C=O) groups excluding carboxylic acids is 1. The van der Waals surface area contributed by atoms with Crippen LogP contribution in [0.5, 0.6) is 5.75 Å². The van der Waals surface area contributed by atoms with Crippen molar-refractivity contribution in [1.29, 1.82) is 0 Å². The van der Waals surface area contributed by atoms with Crippen molar-refractivity contribution in [3.8, 4) is 5.75 Å². The molecular weight excluding hydrogens is 304 g/mol. The maximum atomic E-state index is 12.3. The topological polar surface area (TPSA) is 58.6 Å². The lowest BCUT2D eigenvalue weighted by atomic mass is 9.73. The van der Waals surface area contributed by atoms with Gasteiger partial charge in [-0.3, -0.25) is 4.79 Å². The Balaban J connectivity index is 1.47. The van der Waals surface area contributed by atoms with Gasteiger partial charge < -0.3 is 14.5 Å². The van der Waals surface area contributed by atoms with E-state index in [1.165, 1.54) is 19.3 Å². The third-order valence-electron chi connectivity index (χ3n) is 5.72. The van der Waals surface area contributed by atoms with Gasteiger partial charge in [-0.15, -0.1) is 0 Å². The molecule has 3 heterocycles. The van der Waals surface area contributed by atoms with Crippen LogP contribution in [0.2, 0.25) is 0 Å². The van der Waals surface area contributed by atoms with Crippen LogP contribution in [0.1, 0.15) is 38.5 Å². The normalized spacial score (nSPS) is 27.6. The van der Waals surface area contributed by atoms with Crippen LogP contribution >= 0.6 is 0 Å². The Kier molecular flexibility index (Phi) is 4.06. The van der Waals surface area contributed by atoms with E-state index in [0.29, 0.717) is 18.1 Å². The first-order valence-corrected chi connectivity index (χ1v) is 9.06. The Hall–Kier alpha value is -1.85. The molecule has 1 atom stereocenters. The summed E-state index contributed by atoms with van der Waals surface area (Å²) in [7, 11) is 1.63. The molecule has 0 unspecified atom stereocenters. The molecule has 1 saturated carbocycles. The van der Waals surface area contributed by atoms with Crippen LogP contribution in [0.15, 0.2) is 12.4 Å². The molecule has 0 aromatic carbocycles. The predicted molar refractivity (Wildman–Crippen MR) is 91.0 cm³/mol. The second kappa shape index (κ2) is 6.22. The number of piperidine rings is 2. The number of likely N-dealkylation sites (tertiary alicyclic amines) is 1. The van der Waals surface area contributed by atoms with Gasteiger partial charge in [0, 0.05) is 38.0 Å². The van der Waals surface area contributed by atoms with Crippen LogP contribution in [0, 0.1) is 11.3 Å². The number of carbonyl (C=O) groups is 1. The highest BCUT2D eigenvalue weighted by atomic mass is 16.5. The molecule has 1 spiro atoms. The van der Waals surface area contributed by atoms with Crippen LogP contribution in [0.25, 0.3) is 0 Å². The SMILES string of the molecule is COc1cnc(N2CCC[C@]3(CCC(=O)N(CC4CC4)C3)C2)nc1. The summed E-state index contributed by atoms with van der Waals surface area (Å²) in [5.41, 5.74) is 0.213. The fraction of sp³-hybridized carbons (Fsp3) is 0.722. The Labute approximate surface area is 143 Å².